The second-order valence-electron chi connectivity index (χ2n) is 5.09. The van der Waals surface area contributed by atoms with Crippen molar-refractivity contribution in [3.8, 4) is 0 Å². The Labute approximate surface area is 111 Å². The molecular weight excluding hydrogens is 257 g/mol. The largest absolute Gasteiger partial charge is 0.306 e. The molecule has 2 aromatic heterocycles. The van der Waals surface area contributed by atoms with E-state index in [-0.39, 0.29) is 10.9 Å². The van der Waals surface area contributed by atoms with Crippen molar-refractivity contribution < 1.29 is 0 Å². The van der Waals surface area contributed by atoms with Crippen LogP contribution < -0.4 is 0 Å². The summed E-state index contributed by atoms with van der Waals surface area (Å²) in [5.41, 5.74) is 1.49. The van der Waals surface area contributed by atoms with Crippen molar-refractivity contribution in [3.05, 3.63) is 23.1 Å². The Balaban J connectivity index is 2.81. The Hall–Kier alpha value is -0.800. The predicted octanol–water partition coefficient (Wildman–Crippen LogP) is 4.14. The van der Waals surface area contributed by atoms with Gasteiger partial charge in [-0.25, -0.2) is 9.97 Å². The van der Waals surface area contributed by atoms with Gasteiger partial charge in [0, 0.05) is 11.7 Å². The summed E-state index contributed by atoms with van der Waals surface area (Å²) in [6, 6.07) is 1.81. The van der Waals surface area contributed by atoms with Gasteiger partial charge >= 0.3 is 0 Å². The molecule has 2 aromatic rings. The maximum Gasteiger partial charge on any atom is 0.160 e. The van der Waals surface area contributed by atoms with Gasteiger partial charge in [0.15, 0.2) is 5.65 Å². The quantitative estimate of drug-likeness (QED) is 0.730. The lowest BCUT2D eigenvalue weighted by Crippen LogP contribution is -2.24. The molecule has 0 saturated carbocycles. The molecule has 0 aliphatic carbocycles. The molecule has 0 aliphatic rings. The molecule has 1 atom stereocenters. The fourth-order valence-corrected chi connectivity index (χ4v) is 2.18. The SMILES string of the molecule is CC(Cl)c1nc2cc(Cl)cnc2n1C(C)(C)C. The topological polar surface area (TPSA) is 30.7 Å². The molecule has 2 heterocycles. The molecule has 0 aliphatic heterocycles. The van der Waals surface area contributed by atoms with Gasteiger partial charge in [0.05, 0.1) is 10.4 Å². The lowest BCUT2D eigenvalue weighted by Gasteiger charge is -2.24. The molecule has 17 heavy (non-hydrogen) atoms. The van der Waals surface area contributed by atoms with Crippen molar-refractivity contribution in [2.45, 2.75) is 38.6 Å². The van der Waals surface area contributed by atoms with Gasteiger partial charge in [-0.05, 0) is 33.8 Å². The molecule has 5 heteroatoms. The zero-order chi connectivity index (χ0) is 12.8. The molecule has 0 bridgehead atoms. The number of hydrogen-bond donors (Lipinski definition) is 0. The molecule has 0 amide bonds. The Bertz CT molecular complexity index is 553. The van der Waals surface area contributed by atoms with Crippen LogP contribution in [0.1, 0.15) is 38.9 Å². The number of halogens is 2. The summed E-state index contributed by atoms with van der Waals surface area (Å²) >= 11 is 12.1. The van der Waals surface area contributed by atoms with Gasteiger partial charge in [-0.2, -0.15) is 0 Å². The Morgan fingerprint density at radius 2 is 2.00 bits per heavy atom. The van der Waals surface area contributed by atoms with E-state index in [1.165, 1.54) is 0 Å². The van der Waals surface area contributed by atoms with Gasteiger partial charge in [-0.3, -0.25) is 0 Å². The van der Waals surface area contributed by atoms with Gasteiger partial charge in [-0.15, -0.1) is 11.6 Å². The number of alkyl halides is 1. The third-order valence-corrected chi connectivity index (χ3v) is 2.92. The van der Waals surface area contributed by atoms with E-state index in [9.17, 15) is 0 Å². The summed E-state index contributed by atoms with van der Waals surface area (Å²) in [6.07, 6.45) is 1.64. The molecule has 3 nitrogen and oxygen atoms in total. The average Bonchev–Trinajstić information content (AvgIpc) is 2.55. The smallest absolute Gasteiger partial charge is 0.160 e. The van der Waals surface area contributed by atoms with Crippen LogP contribution in [0.4, 0.5) is 0 Å². The second-order valence-corrected chi connectivity index (χ2v) is 6.18. The summed E-state index contributed by atoms with van der Waals surface area (Å²) in [6.45, 7) is 8.22. The molecule has 0 aromatic carbocycles. The van der Waals surface area contributed by atoms with Crippen LogP contribution in [0.3, 0.4) is 0 Å². The first-order valence-electron chi connectivity index (χ1n) is 5.49. The highest BCUT2D eigenvalue weighted by Gasteiger charge is 2.24. The summed E-state index contributed by atoms with van der Waals surface area (Å²) < 4.78 is 2.07. The maximum absolute atomic E-state index is 6.18. The van der Waals surface area contributed by atoms with Crippen LogP contribution in [0.2, 0.25) is 5.02 Å². The zero-order valence-corrected chi connectivity index (χ0v) is 11.8. The minimum Gasteiger partial charge on any atom is -0.306 e. The number of aromatic nitrogens is 3. The van der Waals surface area contributed by atoms with Gasteiger partial charge in [-0.1, -0.05) is 11.6 Å². The number of imidazole rings is 1. The number of rotatable bonds is 1. The van der Waals surface area contributed by atoms with Crippen molar-refractivity contribution in [3.63, 3.8) is 0 Å². The lowest BCUT2D eigenvalue weighted by atomic mass is 10.1. The fourth-order valence-electron chi connectivity index (χ4n) is 1.89. The summed E-state index contributed by atoms with van der Waals surface area (Å²) in [5, 5.41) is 0.423. The third kappa shape index (κ3) is 2.26. The number of pyridine rings is 1. The number of fused-ring (bicyclic) bond motifs is 1. The van der Waals surface area contributed by atoms with Crippen LogP contribution in [0, 0.1) is 0 Å². The van der Waals surface area contributed by atoms with Crippen molar-refractivity contribution in [1.29, 1.82) is 0 Å². The first kappa shape index (κ1) is 12.7. The van der Waals surface area contributed by atoms with Gasteiger partial charge in [0.2, 0.25) is 0 Å². The van der Waals surface area contributed by atoms with E-state index < -0.39 is 0 Å². The minimum atomic E-state index is -0.165. The molecule has 0 N–H and O–H groups in total. The monoisotopic (exact) mass is 271 g/mol. The molecule has 0 fully saturated rings. The predicted molar refractivity (Wildman–Crippen MR) is 71.8 cm³/mol. The highest BCUT2D eigenvalue weighted by molar-refractivity contribution is 6.31. The van der Waals surface area contributed by atoms with Crippen LogP contribution in [0.15, 0.2) is 12.3 Å². The van der Waals surface area contributed by atoms with Crippen molar-refractivity contribution in [2.24, 2.45) is 0 Å². The molecule has 0 spiro atoms. The fraction of sp³-hybridized carbons (Fsp3) is 0.500. The van der Waals surface area contributed by atoms with Gasteiger partial charge in [0.1, 0.15) is 11.3 Å². The van der Waals surface area contributed by atoms with E-state index in [4.69, 9.17) is 23.2 Å². The average molecular weight is 272 g/mol. The Morgan fingerprint density at radius 1 is 1.35 bits per heavy atom. The summed E-state index contributed by atoms with van der Waals surface area (Å²) in [7, 11) is 0. The van der Waals surface area contributed by atoms with Crippen molar-refractivity contribution in [1.82, 2.24) is 14.5 Å². The van der Waals surface area contributed by atoms with Crippen molar-refractivity contribution in [2.75, 3.05) is 0 Å². The van der Waals surface area contributed by atoms with Gasteiger partial charge in [0.25, 0.3) is 0 Å². The lowest BCUT2D eigenvalue weighted by molar-refractivity contribution is 0.392. The number of nitrogens with zero attached hydrogens (tertiary/aromatic N) is 3. The highest BCUT2D eigenvalue weighted by atomic mass is 35.5. The molecule has 0 saturated heterocycles. The first-order chi connectivity index (χ1) is 7.80. The standard InChI is InChI=1S/C12H15Cl2N3/c1-7(13)10-16-9-5-8(14)6-15-11(9)17(10)12(2,3)4/h5-7H,1-4H3. The summed E-state index contributed by atoms with van der Waals surface area (Å²) in [5.74, 6) is 0.823. The van der Waals surface area contributed by atoms with E-state index in [1.54, 1.807) is 6.20 Å². The van der Waals surface area contributed by atoms with Crippen LogP contribution in [0.5, 0.6) is 0 Å². The number of hydrogen-bond acceptors (Lipinski definition) is 2. The Kier molecular flexibility index (Phi) is 3.08. The van der Waals surface area contributed by atoms with E-state index in [0.717, 1.165) is 17.0 Å². The first-order valence-corrected chi connectivity index (χ1v) is 6.30. The highest BCUT2D eigenvalue weighted by Crippen LogP contribution is 2.30. The second kappa shape index (κ2) is 4.14. The van der Waals surface area contributed by atoms with Crippen LogP contribution >= 0.6 is 23.2 Å². The Morgan fingerprint density at radius 3 is 2.53 bits per heavy atom. The van der Waals surface area contributed by atoms with E-state index in [2.05, 4.69) is 35.3 Å². The van der Waals surface area contributed by atoms with E-state index in [0.29, 0.717) is 5.02 Å². The zero-order valence-electron chi connectivity index (χ0n) is 10.3. The summed E-state index contributed by atoms with van der Waals surface area (Å²) in [4.78, 5) is 8.88. The normalized spacial score (nSPS) is 14.2. The minimum absolute atomic E-state index is 0.117. The van der Waals surface area contributed by atoms with Crippen LogP contribution in [-0.4, -0.2) is 14.5 Å². The van der Waals surface area contributed by atoms with E-state index in [1.807, 2.05) is 13.0 Å². The van der Waals surface area contributed by atoms with Gasteiger partial charge < -0.3 is 4.57 Å². The van der Waals surface area contributed by atoms with Crippen LogP contribution in [-0.2, 0) is 5.54 Å². The van der Waals surface area contributed by atoms with Crippen LogP contribution in [0.25, 0.3) is 11.2 Å². The maximum atomic E-state index is 6.18. The molecule has 1 unspecified atom stereocenters. The van der Waals surface area contributed by atoms with E-state index >= 15 is 0 Å². The molecule has 92 valence electrons. The molecule has 2 rings (SSSR count). The van der Waals surface area contributed by atoms with Crippen molar-refractivity contribution >= 4 is 34.4 Å². The molecule has 0 radical (unpaired) electrons. The molecular formula is C12H15Cl2N3. The third-order valence-electron chi connectivity index (χ3n) is 2.52.